The molecule has 2 rings (SSSR count). The molecule has 0 amide bonds. The van der Waals surface area contributed by atoms with Crippen LogP contribution in [0.4, 0.5) is 0 Å². The van der Waals surface area contributed by atoms with Crippen molar-refractivity contribution < 1.29 is 4.52 Å². The van der Waals surface area contributed by atoms with Crippen LogP contribution in [-0.4, -0.2) is 5.16 Å². The van der Waals surface area contributed by atoms with Crippen LogP contribution in [0.5, 0.6) is 0 Å². The highest BCUT2D eigenvalue weighted by Gasteiger charge is 2.16. The number of nitrogens with zero attached hydrogens (tertiary/aromatic N) is 1. The van der Waals surface area contributed by atoms with Crippen LogP contribution >= 0.6 is 23.2 Å². The summed E-state index contributed by atoms with van der Waals surface area (Å²) in [6, 6.07) is 5.60. The van der Waals surface area contributed by atoms with E-state index in [-0.39, 0.29) is 6.04 Å². The van der Waals surface area contributed by atoms with E-state index in [9.17, 15) is 0 Å². The molecule has 1 atom stereocenters. The predicted octanol–water partition coefficient (Wildman–Crippen LogP) is 4.45. The molecular formula is C14H16Cl2N2O. The van der Waals surface area contributed by atoms with Crippen molar-refractivity contribution in [2.24, 2.45) is 0 Å². The first-order valence-electron chi connectivity index (χ1n) is 6.09. The Labute approximate surface area is 122 Å². The number of halogens is 2. The molecule has 0 aliphatic heterocycles. The van der Waals surface area contributed by atoms with E-state index in [0.717, 1.165) is 22.6 Å². The van der Waals surface area contributed by atoms with Crippen molar-refractivity contribution in [2.45, 2.75) is 33.4 Å². The Morgan fingerprint density at radius 3 is 2.68 bits per heavy atom. The van der Waals surface area contributed by atoms with E-state index in [4.69, 9.17) is 27.7 Å². The Hall–Kier alpha value is -1.03. The van der Waals surface area contributed by atoms with Crippen LogP contribution in [0, 0.1) is 13.8 Å². The van der Waals surface area contributed by atoms with Crippen molar-refractivity contribution in [1.82, 2.24) is 10.5 Å². The fourth-order valence-corrected chi connectivity index (χ4v) is 2.53. The molecule has 5 heteroatoms. The fraction of sp³-hybridized carbons (Fsp3) is 0.357. The maximum atomic E-state index is 6.14. The van der Waals surface area contributed by atoms with Crippen LogP contribution < -0.4 is 5.32 Å². The number of rotatable bonds is 4. The van der Waals surface area contributed by atoms with Gasteiger partial charge in [0.05, 0.1) is 5.69 Å². The number of hydrogen-bond acceptors (Lipinski definition) is 3. The van der Waals surface area contributed by atoms with E-state index in [2.05, 4.69) is 17.4 Å². The maximum absolute atomic E-state index is 6.14. The number of benzene rings is 1. The Morgan fingerprint density at radius 1 is 1.32 bits per heavy atom. The van der Waals surface area contributed by atoms with Crippen LogP contribution in [0.3, 0.4) is 0 Å². The van der Waals surface area contributed by atoms with Crippen molar-refractivity contribution >= 4 is 23.2 Å². The van der Waals surface area contributed by atoms with Gasteiger partial charge >= 0.3 is 0 Å². The molecule has 1 aromatic heterocycles. The SMILES string of the molecule is Cc1noc(C)c1C(C)NCc1cc(Cl)ccc1Cl. The average molecular weight is 299 g/mol. The van der Waals surface area contributed by atoms with E-state index >= 15 is 0 Å². The minimum Gasteiger partial charge on any atom is -0.361 e. The first kappa shape index (κ1) is 14.4. The highest BCUT2D eigenvalue weighted by molar-refractivity contribution is 6.33. The largest absolute Gasteiger partial charge is 0.361 e. The molecule has 0 bridgehead atoms. The molecule has 0 radical (unpaired) electrons. The summed E-state index contributed by atoms with van der Waals surface area (Å²) in [7, 11) is 0. The van der Waals surface area contributed by atoms with Crippen LogP contribution in [0.2, 0.25) is 10.0 Å². The third-order valence-electron chi connectivity index (χ3n) is 3.13. The smallest absolute Gasteiger partial charge is 0.138 e. The topological polar surface area (TPSA) is 38.1 Å². The fourth-order valence-electron chi connectivity index (χ4n) is 2.15. The van der Waals surface area contributed by atoms with Gasteiger partial charge in [-0.15, -0.1) is 0 Å². The molecule has 0 saturated carbocycles. The summed E-state index contributed by atoms with van der Waals surface area (Å²) in [6.07, 6.45) is 0. The molecule has 3 nitrogen and oxygen atoms in total. The van der Waals surface area contributed by atoms with E-state index in [0.29, 0.717) is 16.6 Å². The molecular weight excluding hydrogens is 283 g/mol. The van der Waals surface area contributed by atoms with Gasteiger partial charge in [-0.05, 0) is 44.5 Å². The van der Waals surface area contributed by atoms with Crippen molar-refractivity contribution in [1.29, 1.82) is 0 Å². The molecule has 1 aromatic carbocycles. The number of nitrogens with one attached hydrogen (secondary N) is 1. The summed E-state index contributed by atoms with van der Waals surface area (Å²) >= 11 is 12.1. The molecule has 0 fully saturated rings. The summed E-state index contributed by atoms with van der Waals surface area (Å²) in [4.78, 5) is 0. The van der Waals surface area contributed by atoms with Crippen molar-refractivity contribution in [3.63, 3.8) is 0 Å². The maximum Gasteiger partial charge on any atom is 0.138 e. The van der Waals surface area contributed by atoms with Gasteiger partial charge in [0, 0.05) is 28.2 Å². The van der Waals surface area contributed by atoms with E-state index in [1.54, 1.807) is 6.07 Å². The second kappa shape index (κ2) is 5.95. The van der Waals surface area contributed by atoms with Gasteiger partial charge in [0.1, 0.15) is 5.76 Å². The summed E-state index contributed by atoms with van der Waals surface area (Å²) in [5, 5.41) is 8.77. The third kappa shape index (κ3) is 3.30. The molecule has 1 N–H and O–H groups in total. The van der Waals surface area contributed by atoms with Gasteiger partial charge in [-0.2, -0.15) is 0 Å². The zero-order valence-corrected chi connectivity index (χ0v) is 12.6. The van der Waals surface area contributed by atoms with Gasteiger partial charge in [-0.3, -0.25) is 0 Å². The van der Waals surface area contributed by atoms with Gasteiger partial charge in [0.15, 0.2) is 0 Å². The van der Waals surface area contributed by atoms with Gasteiger partial charge in [-0.1, -0.05) is 28.4 Å². The van der Waals surface area contributed by atoms with Crippen LogP contribution in [-0.2, 0) is 6.54 Å². The molecule has 0 spiro atoms. The van der Waals surface area contributed by atoms with Gasteiger partial charge < -0.3 is 9.84 Å². The zero-order valence-electron chi connectivity index (χ0n) is 11.1. The van der Waals surface area contributed by atoms with E-state index < -0.39 is 0 Å². The second-order valence-electron chi connectivity index (χ2n) is 4.58. The third-order valence-corrected chi connectivity index (χ3v) is 3.73. The molecule has 1 heterocycles. The number of hydrogen-bond donors (Lipinski definition) is 1. The summed E-state index contributed by atoms with van der Waals surface area (Å²) in [5.74, 6) is 0.842. The molecule has 19 heavy (non-hydrogen) atoms. The summed E-state index contributed by atoms with van der Waals surface area (Å²) < 4.78 is 5.17. The van der Waals surface area contributed by atoms with Gasteiger partial charge in [0.2, 0.25) is 0 Å². The Bertz CT molecular complexity index is 561. The van der Waals surface area contributed by atoms with Gasteiger partial charge in [-0.25, -0.2) is 0 Å². The van der Waals surface area contributed by atoms with Crippen LogP contribution in [0.15, 0.2) is 22.7 Å². The van der Waals surface area contributed by atoms with Crippen LogP contribution in [0.25, 0.3) is 0 Å². The van der Waals surface area contributed by atoms with Gasteiger partial charge in [0.25, 0.3) is 0 Å². The highest BCUT2D eigenvalue weighted by atomic mass is 35.5. The monoisotopic (exact) mass is 298 g/mol. The summed E-state index contributed by atoms with van der Waals surface area (Å²) in [6.45, 7) is 6.58. The van der Waals surface area contributed by atoms with Crippen molar-refractivity contribution in [3.05, 3.63) is 50.8 Å². The highest BCUT2D eigenvalue weighted by Crippen LogP contribution is 2.24. The molecule has 0 aliphatic rings. The Morgan fingerprint density at radius 2 is 2.05 bits per heavy atom. The average Bonchev–Trinajstić information content (AvgIpc) is 2.70. The predicted molar refractivity (Wildman–Crippen MR) is 77.7 cm³/mol. The quantitative estimate of drug-likeness (QED) is 0.906. The second-order valence-corrected chi connectivity index (χ2v) is 5.42. The minimum atomic E-state index is 0.140. The zero-order chi connectivity index (χ0) is 14.0. The van der Waals surface area contributed by atoms with Crippen LogP contribution in [0.1, 0.15) is 35.5 Å². The molecule has 102 valence electrons. The Kier molecular flexibility index (Phi) is 4.50. The molecule has 2 aromatic rings. The van der Waals surface area contributed by atoms with E-state index in [1.807, 2.05) is 26.0 Å². The first-order valence-corrected chi connectivity index (χ1v) is 6.84. The lowest BCUT2D eigenvalue weighted by atomic mass is 10.1. The van der Waals surface area contributed by atoms with E-state index in [1.165, 1.54) is 0 Å². The normalized spacial score (nSPS) is 12.7. The minimum absolute atomic E-state index is 0.140. The number of aromatic nitrogens is 1. The van der Waals surface area contributed by atoms with Crippen molar-refractivity contribution in [3.8, 4) is 0 Å². The first-order chi connectivity index (χ1) is 8.99. The lowest BCUT2D eigenvalue weighted by molar-refractivity contribution is 0.390. The number of aryl methyl sites for hydroxylation is 2. The summed E-state index contributed by atoms with van der Waals surface area (Å²) in [5.41, 5.74) is 2.99. The van der Waals surface area contributed by atoms with Crippen molar-refractivity contribution in [2.75, 3.05) is 0 Å². The molecule has 1 unspecified atom stereocenters. The Balaban J connectivity index is 2.08. The molecule has 0 aliphatic carbocycles. The standard InChI is InChI=1S/C14H16Cl2N2O/c1-8(14-9(2)18-19-10(14)3)17-7-11-6-12(15)4-5-13(11)16/h4-6,8,17H,7H2,1-3H3. The lowest BCUT2D eigenvalue weighted by Gasteiger charge is -2.14. The lowest BCUT2D eigenvalue weighted by Crippen LogP contribution is -2.19. The molecule has 0 saturated heterocycles.